The van der Waals surface area contributed by atoms with E-state index in [1.807, 2.05) is 30.3 Å². The van der Waals surface area contributed by atoms with Crippen molar-refractivity contribution >= 4 is 22.9 Å². The summed E-state index contributed by atoms with van der Waals surface area (Å²) >= 11 is 1.18. The Morgan fingerprint density at radius 1 is 1.18 bits per heavy atom. The van der Waals surface area contributed by atoms with E-state index < -0.39 is 17.6 Å². The second-order valence-corrected chi connectivity index (χ2v) is 6.89. The van der Waals surface area contributed by atoms with Gasteiger partial charge < -0.3 is 10.1 Å². The molecule has 3 rings (SSSR count). The molecule has 0 spiro atoms. The highest BCUT2D eigenvalue weighted by molar-refractivity contribution is 7.17. The van der Waals surface area contributed by atoms with E-state index in [-0.39, 0.29) is 18.0 Å². The Hall–Kier alpha value is -2.87. The molecule has 0 aliphatic rings. The van der Waals surface area contributed by atoms with Gasteiger partial charge in [-0.15, -0.1) is 11.3 Å². The lowest BCUT2D eigenvalue weighted by molar-refractivity contribution is -0.137. The molecule has 0 fully saturated rings. The minimum absolute atomic E-state index is 0.0317. The second-order valence-electron chi connectivity index (χ2n) is 5.90. The van der Waals surface area contributed by atoms with Gasteiger partial charge in [0.1, 0.15) is 15.6 Å². The number of aromatic nitrogens is 1. The predicted molar refractivity (Wildman–Crippen MR) is 103 cm³/mol. The summed E-state index contributed by atoms with van der Waals surface area (Å²) < 4.78 is 44.5. The molecule has 146 valence electrons. The van der Waals surface area contributed by atoms with Crippen LogP contribution in [-0.2, 0) is 6.18 Å². The Balaban J connectivity index is 1.91. The smallest absolute Gasteiger partial charge is 0.416 e. The maximum atomic E-state index is 13.0. The third-order valence-electron chi connectivity index (χ3n) is 3.88. The molecule has 1 heterocycles. The molecular formula is C20H17F3N2O2S. The number of ether oxygens (including phenoxy) is 1. The number of nitrogens with one attached hydrogen (secondary N) is 1. The molecular weight excluding hydrogens is 389 g/mol. The van der Waals surface area contributed by atoms with E-state index in [0.29, 0.717) is 15.6 Å². The number of anilines is 1. The predicted octanol–water partition coefficient (Wildman–Crippen LogP) is 5.79. The maximum absolute atomic E-state index is 13.0. The number of benzene rings is 2. The maximum Gasteiger partial charge on any atom is 0.416 e. The van der Waals surface area contributed by atoms with Crippen LogP contribution in [0.1, 0.15) is 27.9 Å². The van der Waals surface area contributed by atoms with Crippen LogP contribution in [0.2, 0.25) is 0 Å². The fourth-order valence-electron chi connectivity index (χ4n) is 2.58. The van der Waals surface area contributed by atoms with Crippen LogP contribution in [0.25, 0.3) is 10.6 Å². The Morgan fingerprint density at radius 3 is 2.54 bits per heavy atom. The lowest BCUT2D eigenvalue weighted by Crippen LogP contribution is -2.14. The molecule has 0 saturated carbocycles. The van der Waals surface area contributed by atoms with E-state index in [9.17, 15) is 18.0 Å². The van der Waals surface area contributed by atoms with Gasteiger partial charge in [0.05, 0.1) is 23.6 Å². The summed E-state index contributed by atoms with van der Waals surface area (Å²) in [6.07, 6.45) is -4.52. The molecule has 0 atom stereocenters. The lowest BCUT2D eigenvalue weighted by Gasteiger charge is -2.14. The van der Waals surface area contributed by atoms with Gasteiger partial charge in [-0.2, -0.15) is 13.2 Å². The molecule has 0 unspecified atom stereocenters. The van der Waals surface area contributed by atoms with Crippen molar-refractivity contribution in [3.05, 3.63) is 64.7 Å². The highest BCUT2D eigenvalue weighted by atomic mass is 32.1. The first-order valence-electron chi connectivity index (χ1n) is 8.48. The van der Waals surface area contributed by atoms with E-state index in [4.69, 9.17) is 4.74 Å². The van der Waals surface area contributed by atoms with Crippen molar-refractivity contribution in [1.82, 2.24) is 4.98 Å². The van der Waals surface area contributed by atoms with Gasteiger partial charge in [-0.25, -0.2) is 4.98 Å². The van der Waals surface area contributed by atoms with Crippen molar-refractivity contribution in [1.29, 1.82) is 0 Å². The molecule has 2 aromatic carbocycles. The average Bonchev–Trinajstić information content (AvgIpc) is 3.05. The van der Waals surface area contributed by atoms with Crippen molar-refractivity contribution in [2.45, 2.75) is 20.0 Å². The summed E-state index contributed by atoms with van der Waals surface area (Å²) in [6.45, 7) is 3.65. The topological polar surface area (TPSA) is 51.2 Å². The molecule has 28 heavy (non-hydrogen) atoms. The van der Waals surface area contributed by atoms with Crippen LogP contribution >= 0.6 is 11.3 Å². The zero-order valence-corrected chi connectivity index (χ0v) is 15.9. The first-order chi connectivity index (χ1) is 13.3. The number of nitrogens with zero attached hydrogens (tertiary/aromatic N) is 1. The molecule has 1 aromatic heterocycles. The molecule has 0 bridgehead atoms. The molecule has 0 saturated heterocycles. The molecule has 0 radical (unpaired) electrons. The summed E-state index contributed by atoms with van der Waals surface area (Å²) in [4.78, 5) is 17.5. The Kier molecular flexibility index (Phi) is 5.69. The van der Waals surface area contributed by atoms with Crippen molar-refractivity contribution in [3.63, 3.8) is 0 Å². The summed E-state index contributed by atoms with van der Waals surface area (Å²) in [5, 5.41) is 3.20. The third kappa shape index (κ3) is 4.33. The van der Waals surface area contributed by atoms with Gasteiger partial charge in [0, 0.05) is 5.56 Å². The molecule has 8 heteroatoms. The number of halogens is 3. The van der Waals surface area contributed by atoms with E-state index in [2.05, 4.69) is 10.3 Å². The number of amides is 1. The van der Waals surface area contributed by atoms with Gasteiger partial charge in [0.15, 0.2) is 0 Å². The van der Waals surface area contributed by atoms with Crippen LogP contribution in [0.4, 0.5) is 18.9 Å². The van der Waals surface area contributed by atoms with Gasteiger partial charge >= 0.3 is 6.18 Å². The van der Waals surface area contributed by atoms with E-state index >= 15 is 0 Å². The zero-order chi connectivity index (χ0) is 20.3. The number of carbonyl (C=O) groups is 1. The highest BCUT2D eigenvalue weighted by Crippen LogP contribution is 2.36. The number of rotatable bonds is 5. The molecule has 0 aliphatic carbocycles. The number of hydrogen-bond donors (Lipinski definition) is 1. The molecule has 3 aromatic rings. The summed E-state index contributed by atoms with van der Waals surface area (Å²) in [5.74, 6) is -0.355. The summed E-state index contributed by atoms with van der Waals surface area (Å²) in [5.41, 5.74) is 0.475. The van der Waals surface area contributed by atoms with Gasteiger partial charge in [-0.05, 0) is 32.0 Å². The Labute approximate surface area is 164 Å². The van der Waals surface area contributed by atoms with Crippen molar-refractivity contribution in [3.8, 4) is 16.3 Å². The normalized spacial score (nSPS) is 11.3. The summed E-state index contributed by atoms with van der Waals surface area (Å²) in [7, 11) is 0. The van der Waals surface area contributed by atoms with Gasteiger partial charge in [0.25, 0.3) is 5.91 Å². The van der Waals surface area contributed by atoms with E-state index in [1.54, 1.807) is 13.8 Å². The minimum Gasteiger partial charge on any atom is -0.492 e. The van der Waals surface area contributed by atoms with Crippen molar-refractivity contribution < 1.29 is 22.7 Å². The van der Waals surface area contributed by atoms with Crippen LogP contribution in [0.5, 0.6) is 5.75 Å². The largest absolute Gasteiger partial charge is 0.492 e. The number of carbonyl (C=O) groups excluding carboxylic acids is 1. The van der Waals surface area contributed by atoms with Crippen molar-refractivity contribution in [2.75, 3.05) is 11.9 Å². The first kappa shape index (κ1) is 19.9. The van der Waals surface area contributed by atoms with Crippen LogP contribution in [0.3, 0.4) is 0 Å². The van der Waals surface area contributed by atoms with Crippen LogP contribution < -0.4 is 10.1 Å². The van der Waals surface area contributed by atoms with Crippen LogP contribution in [0.15, 0.2) is 48.5 Å². The molecule has 1 N–H and O–H groups in total. The van der Waals surface area contributed by atoms with Crippen LogP contribution in [-0.4, -0.2) is 17.5 Å². The number of aryl methyl sites for hydroxylation is 1. The van der Waals surface area contributed by atoms with Gasteiger partial charge in [-0.1, -0.05) is 30.3 Å². The monoisotopic (exact) mass is 406 g/mol. The highest BCUT2D eigenvalue weighted by Gasteiger charge is 2.31. The Morgan fingerprint density at radius 2 is 1.89 bits per heavy atom. The second kappa shape index (κ2) is 8.02. The zero-order valence-electron chi connectivity index (χ0n) is 15.1. The Bertz CT molecular complexity index is 985. The van der Waals surface area contributed by atoms with Gasteiger partial charge in [0.2, 0.25) is 0 Å². The third-order valence-corrected chi connectivity index (χ3v) is 5.08. The number of alkyl halides is 3. The lowest BCUT2D eigenvalue weighted by atomic mass is 10.1. The minimum atomic E-state index is -4.52. The standard InChI is InChI=1S/C20H17F3N2O2S/c1-3-27-16-10-9-14(20(21,22)23)11-15(16)25-18(26)17-12(2)24-19(28-17)13-7-5-4-6-8-13/h4-11H,3H2,1-2H3,(H,25,26). The van der Waals surface area contributed by atoms with E-state index in [0.717, 1.165) is 17.7 Å². The molecule has 1 amide bonds. The average molecular weight is 406 g/mol. The number of hydrogen-bond acceptors (Lipinski definition) is 4. The summed E-state index contributed by atoms with van der Waals surface area (Å²) in [6, 6.07) is 12.4. The fraction of sp³-hybridized carbons (Fsp3) is 0.200. The number of thiazole rings is 1. The van der Waals surface area contributed by atoms with Crippen LogP contribution in [0, 0.1) is 6.92 Å². The SMILES string of the molecule is CCOc1ccc(C(F)(F)F)cc1NC(=O)c1sc(-c2ccccc2)nc1C. The molecule has 4 nitrogen and oxygen atoms in total. The van der Waals surface area contributed by atoms with Gasteiger partial charge in [-0.3, -0.25) is 4.79 Å². The van der Waals surface area contributed by atoms with E-state index in [1.165, 1.54) is 17.4 Å². The fourth-order valence-corrected chi connectivity index (χ4v) is 3.54. The van der Waals surface area contributed by atoms with Crippen molar-refractivity contribution in [2.24, 2.45) is 0 Å². The quantitative estimate of drug-likeness (QED) is 0.584. The first-order valence-corrected chi connectivity index (χ1v) is 9.29. The molecule has 0 aliphatic heterocycles.